The molecule has 14 heavy (non-hydrogen) atoms. The summed E-state index contributed by atoms with van der Waals surface area (Å²) in [7, 11) is 0. The van der Waals surface area contributed by atoms with Crippen LogP contribution in [-0.2, 0) is 9.53 Å². The van der Waals surface area contributed by atoms with Crippen LogP contribution in [0.4, 0.5) is 0 Å². The first-order valence-corrected chi connectivity index (χ1v) is 3.94. The maximum atomic E-state index is 10.5. The summed E-state index contributed by atoms with van der Waals surface area (Å²) in [5.41, 5.74) is 0. The number of hydrogen-bond donors (Lipinski definition) is 5. The number of aliphatic hydroxyl groups is 4. The third-order valence-electron chi connectivity index (χ3n) is 2.14. The molecule has 0 radical (unpaired) electrons. The number of hydrogen-bond acceptors (Lipinski definition) is 6. The van der Waals surface area contributed by atoms with Crippen LogP contribution in [0.15, 0.2) is 0 Å². The molecule has 7 nitrogen and oxygen atoms in total. The first-order chi connectivity index (χ1) is 6.27. The van der Waals surface area contributed by atoms with Crippen molar-refractivity contribution in [3.63, 3.8) is 0 Å². The molecule has 7 heteroatoms. The summed E-state index contributed by atoms with van der Waals surface area (Å²) < 4.78 is 4.53. The molecule has 0 aromatic carbocycles. The molecule has 0 aromatic heterocycles. The highest BCUT2D eigenvalue weighted by Gasteiger charge is 2.52. The lowest BCUT2D eigenvalue weighted by atomic mass is 9.93. The lowest BCUT2D eigenvalue weighted by Gasteiger charge is -2.42. The summed E-state index contributed by atoms with van der Waals surface area (Å²) in [6.45, 7) is 1.00. The van der Waals surface area contributed by atoms with Gasteiger partial charge in [-0.25, -0.2) is 4.79 Å². The molecule has 1 aliphatic rings. The van der Waals surface area contributed by atoms with Gasteiger partial charge in [0.2, 0.25) is 0 Å². The molecule has 0 aliphatic carbocycles. The van der Waals surface area contributed by atoms with E-state index in [1.54, 1.807) is 0 Å². The molecule has 0 unspecified atom stereocenters. The van der Waals surface area contributed by atoms with Gasteiger partial charge in [0, 0.05) is 0 Å². The number of ether oxygens (including phenoxy) is 1. The zero-order chi connectivity index (χ0) is 11.1. The zero-order valence-electron chi connectivity index (χ0n) is 7.36. The molecular weight excluding hydrogens is 196 g/mol. The number of carboxylic acid groups (broad SMARTS) is 1. The van der Waals surface area contributed by atoms with Crippen LogP contribution in [0, 0.1) is 0 Å². The van der Waals surface area contributed by atoms with E-state index in [1.807, 2.05) is 0 Å². The summed E-state index contributed by atoms with van der Waals surface area (Å²) in [4.78, 5) is 10.5. The molecule has 5 atom stereocenters. The Balaban J connectivity index is 2.90. The fourth-order valence-electron chi connectivity index (χ4n) is 1.28. The van der Waals surface area contributed by atoms with E-state index in [2.05, 4.69) is 4.74 Å². The highest BCUT2D eigenvalue weighted by molar-refractivity contribution is 5.73. The first kappa shape index (κ1) is 11.3. The van der Waals surface area contributed by atoms with Crippen molar-refractivity contribution in [3.05, 3.63) is 0 Å². The predicted molar refractivity (Wildman–Crippen MR) is 41.2 cm³/mol. The number of aliphatic carboxylic acids is 1. The fraction of sp³-hybridized carbons (Fsp3) is 0.857. The second-order valence-corrected chi connectivity index (χ2v) is 3.36. The largest absolute Gasteiger partial charge is 0.479 e. The van der Waals surface area contributed by atoms with Gasteiger partial charge in [0.15, 0.2) is 11.9 Å². The Labute approximate surface area is 79.2 Å². The van der Waals surface area contributed by atoms with Gasteiger partial charge in [0.05, 0.1) is 0 Å². The highest BCUT2D eigenvalue weighted by Crippen LogP contribution is 2.27. The summed E-state index contributed by atoms with van der Waals surface area (Å²) in [6.07, 6.45) is -7.06. The number of rotatable bonds is 1. The minimum atomic E-state index is -2.19. The van der Waals surface area contributed by atoms with Crippen molar-refractivity contribution < 1.29 is 35.1 Å². The van der Waals surface area contributed by atoms with Gasteiger partial charge in [-0.2, -0.15) is 0 Å². The minimum Gasteiger partial charge on any atom is -0.479 e. The second kappa shape index (κ2) is 3.44. The normalized spacial score (nSPS) is 48.9. The van der Waals surface area contributed by atoms with Gasteiger partial charge >= 0.3 is 5.97 Å². The summed E-state index contributed by atoms with van der Waals surface area (Å²) in [5, 5.41) is 45.5. The van der Waals surface area contributed by atoms with E-state index in [0.717, 1.165) is 6.92 Å². The molecule has 1 aliphatic heterocycles. The van der Waals surface area contributed by atoms with Crippen LogP contribution in [0.5, 0.6) is 0 Å². The molecule has 0 aromatic rings. The van der Waals surface area contributed by atoms with Crippen molar-refractivity contribution in [2.45, 2.75) is 37.1 Å². The fourth-order valence-corrected chi connectivity index (χ4v) is 1.28. The molecule has 0 saturated carbocycles. The van der Waals surface area contributed by atoms with Gasteiger partial charge in [-0.15, -0.1) is 0 Å². The van der Waals surface area contributed by atoms with Crippen molar-refractivity contribution >= 4 is 5.97 Å². The Morgan fingerprint density at radius 1 is 1.29 bits per heavy atom. The second-order valence-electron chi connectivity index (χ2n) is 3.36. The maximum Gasteiger partial charge on any atom is 0.335 e. The van der Waals surface area contributed by atoms with Crippen LogP contribution < -0.4 is 0 Å². The van der Waals surface area contributed by atoms with Gasteiger partial charge in [-0.3, -0.25) is 0 Å². The Morgan fingerprint density at radius 3 is 2.21 bits per heavy atom. The Morgan fingerprint density at radius 2 is 1.79 bits per heavy atom. The van der Waals surface area contributed by atoms with E-state index in [9.17, 15) is 25.2 Å². The van der Waals surface area contributed by atoms with E-state index in [4.69, 9.17) is 5.11 Å². The Bertz CT molecular complexity index is 238. The molecule has 1 rings (SSSR count). The number of aliphatic hydroxyl groups excluding tert-OH is 3. The maximum absolute atomic E-state index is 10.5. The number of carbonyl (C=O) groups is 1. The molecule has 0 amide bonds. The van der Waals surface area contributed by atoms with E-state index >= 15 is 0 Å². The molecule has 82 valence electrons. The predicted octanol–water partition coefficient (Wildman–Crippen LogP) is -2.74. The van der Waals surface area contributed by atoms with Crippen molar-refractivity contribution in [2.24, 2.45) is 0 Å². The van der Waals surface area contributed by atoms with E-state index in [-0.39, 0.29) is 0 Å². The van der Waals surface area contributed by atoms with Crippen molar-refractivity contribution in [3.8, 4) is 0 Å². The molecule has 1 saturated heterocycles. The van der Waals surface area contributed by atoms with Crippen molar-refractivity contribution in [1.29, 1.82) is 0 Å². The standard InChI is InChI=1S/C7H12O7/c1-7(13)5(10)3(9)2(8)4(14-7)6(11)12/h2-5,8-10,13H,1H3,(H,11,12)/t2-,3-,4-,5-,7-/m0/s1. The Kier molecular flexibility index (Phi) is 2.79. The van der Waals surface area contributed by atoms with Crippen LogP contribution in [0.2, 0.25) is 0 Å². The monoisotopic (exact) mass is 208 g/mol. The molecule has 5 N–H and O–H groups in total. The van der Waals surface area contributed by atoms with E-state index in [1.165, 1.54) is 0 Å². The lowest BCUT2D eigenvalue weighted by Crippen LogP contribution is -2.64. The third kappa shape index (κ3) is 1.72. The van der Waals surface area contributed by atoms with Crippen LogP contribution in [0.1, 0.15) is 6.92 Å². The SMILES string of the molecule is C[C@]1(O)O[C@H](C(=O)O)[C@@H](O)[C@H](O)[C@@H]1O. The zero-order valence-corrected chi connectivity index (χ0v) is 7.36. The summed E-state index contributed by atoms with van der Waals surface area (Å²) in [5.74, 6) is -3.72. The lowest BCUT2D eigenvalue weighted by molar-refractivity contribution is -0.333. The average molecular weight is 208 g/mol. The average Bonchev–Trinajstić information content (AvgIpc) is 2.08. The third-order valence-corrected chi connectivity index (χ3v) is 2.14. The minimum absolute atomic E-state index is 1.00. The quantitative estimate of drug-likeness (QED) is 0.316. The van der Waals surface area contributed by atoms with Gasteiger partial charge in [0.1, 0.15) is 18.3 Å². The van der Waals surface area contributed by atoms with Gasteiger partial charge < -0.3 is 30.3 Å². The van der Waals surface area contributed by atoms with Crippen molar-refractivity contribution in [1.82, 2.24) is 0 Å². The van der Waals surface area contributed by atoms with Crippen LogP contribution in [0.25, 0.3) is 0 Å². The van der Waals surface area contributed by atoms with Crippen molar-refractivity contribution in [2.75, 3.05) is 0 Å². The molecule has 1 heterocycles. The molecule has 0 bridgehead atoms. The Hall–Kier alpha value is -0.730. The summed E-state index contributed by atoms with van der Waals surface area (Å²) in [6, 6.07) is 0. The van der Waals surface area contributed by atoms with Gasteiger partial charge in [0.25, 0.3) is 0 Å². The van der Waals surface area contributed by atoms with Crippen LogP contribution in [0.3, 0.4) is 0 Å². The number of carboxylic acids is 1. The van der Waals surface area contributed by atoms with Gasteiger partial charge in [-0.1, -0.05) is 0 Å². The van der Waals surface area contributed by atoms with Crippen LogP contribution in [-0.4, -0.2) is 61.7 Å². The topological polar surface area (TPSA) is 127 Å². The molecular formula is C7H12O7. The first-order valence-electron chi connectivity index (χ1n) is 3.94. The van der Waals surface area contributed by atoms with Gasteiger partial charge in [-0.05, 0) is 6.92 Å². The molecule has 0 spiro atoms. The smallest absolute Gasteiger partial charge is 0.335 e. The highest BCUT2D eigenvalue weighted by atomic mass is 16.7. The molecule has 1 fully saturated rings. The van der Waals surface area contributed by atoms with Crippen LogP contribution >= 0.6 is 0 Å². The van der Waals surface area contributed by atoms with E-state index in [0.29, 0.717) is 0 Å². The van der Waals surface area contributed by atoms with E-state index < -0.39 is 36.2 Å². The summed E-state index contributed by atoms with van der Waals surface area (Å²) >= 11 is 0.